The molecule has 1 fully saturated rings. The Kier molecular flexibility index (Phi) is 6.33. The lowest BCUT2D eigenvalue weighted by Crippen LogP contribution is -2.43. The van der Waals surface area contributed by atoms with Crippen LogP contribution in [-0.4, -0.2) is 36.2 Å². The molecule has 0 amide bonds. The molecule has 0 spiro atoms. The van der Waals surface area contributed by atoms with Gasteiger partial charge in [0.15, 0.2) is 5.11 Å². The topological polar surface area (TPSA) is 40.4 Å². The SMILES string of the molecule is CCCNC(=S)NCC(c1ccco1)N1CCCCC1. The molecule has 2 N–H and O–H groups in total. The molecule has 1 atom stereocenters. The van der Waals surface area contributed by atoms with Crippen LogP contribution >= 0.6 is 12.2 Å². The van der Waals surface area contributed by atoms with E-state index in [-0.39, 0.29) is 6.04 Å². The fourth-order valence-electron chi connectivity index (χ4n) is 2.61. The molecule has 0 radical (unpaired) electrons. The van der Waals surface area contributed by atoms with Crippen LogP contribution in [0.25, 0.3) is 0 Å². The van der Waals surface area contributed by atoms with Gasteiger partial charge in [0, 0.05) is 13.1 Å². The van der Waals surface area contributed by atoms with Crippen molar-refractivity contribution in [2.24, 2.45) is 0 Å². The zero-order chi connectivity index (χ0) is 14.2. The van der Waals surface area contributed by atoms with E-state index in [4.69, 9.17) is 16.6 Å². The van der Waals surface area contributed by atoms with E-state index in [9.17, 15) is 0 Å². The van der Waals surface area contributed by atoms with Gasteiger partial charge in [-0.05, 0) is 56.7 Å². The van der Waals surface area contributed by atoms with E-state index in [2.05, 4.69) is 28.5 Å². The molecule has 20 heavy (non-hydrogen) atoms. The van der Waals surface area contributed by atoms with Crippen molar-refractivity contribution in [1.82, 2.24) is 15.5 Å². The van der Waals surface area contributed by atoms with Crippen molar-refractivity contribution >= 4 is 17.3 Å². The highest BCUT2D eigenvalue weighted by Gasteiger charge is 2.24. The van der Waals surface area contributed by atoms with Gasteiger partial charge in [-0.25, -0.2) is 0 Å². The number of nitrogens with one attached hydrogen (secondary N) is 2. The standard InChI is InChI=1S/C15H25N3OS/c1-2-8-16-15(20)17-12-13(14-7-6-11-19-14)18-9-4-3-5-10-18/h6-7,11,13H,2-5,8-10,12H2,1H3,(H2,16,17,20). The van der Waals surface area contributed by atoms with Crippen LogP contribution in [0.2, 0.25) is 0 Å². The van der Waals surface area contributed by atoms with Gasteiger partial charge < -0.3 is 15.1 Å². The summed E-state index contributed by atoms with van der Waals surface area (Å²) in [5.74, 6) is 1.03. The van der Waals surface area contributed by atoms with E-state index in [0.717, 1.165) is 43.5 Å². The van der Waals surface area contributed by atoms with E-state index in [1.165, 1.54) is 19.3 Å². The summed E-state index contributed by atoms with van der Waals surface area (Å²) in [7, 11) is 0. The third-order valence-electron chi connectivity index (χ3n) is 3.69. The van der Waals surface area contributed by atoms with Gasteiger partial charge in [0.2, 0.25) is 0 Å². The maximum Gasteiger partial charge on any atom is 0.166 e. The molecule has 0 saturated carbocycles. The maximum atomic E-state index is 5.62. The van der Waals surface area contributed by atoms with E-state index < -0.39 is 0 Å². The molecule has 1 aromatic rings. The van der Waals surface area contributed by atoms with Crippen LogP contribution in [0.3, 0.4) is 0 Å². The molecule has 2 rings (SSSR count). The van der Waals surface area contributed by atoms with Crippen LogP contribution in [-0.2, 0) is 0 Å². The van der Waals surface area contributed by atoms with Crippen molar-refractivity contribution in [2.45, 2.75) is 38.6 Å². The van der Waals surface area contributed by atoms with Crippen molar-refractivity contribution in [2.75, 3.05) is 26.2 Å². The second kappa shape index (κ2) is 8.27. The summed E-state index contributed by atoms with van der Waals surface area (Å²) in [4.78, 5) is 2.50. The Bertz CT molecular complexity index is 388. The average molecular weight is 295 g/mol. The van der Waals surface area contributed by atoms with Crippen molar-refractivity contribution in [3.05, 3.63) is 24.2 Å². The van der Waals surface area contributed by atoms with Gasteiger partial charge in [-0.3, -0.25) is 4.90 Å². The van der Waals surface area contributed by atoms with Crippen LogP contribution in [0.1, 0.15) is 44.4 Å². The van der Waals surface area contributed by atoms with Gasteiger partial charge in [-0.15, -0.1) is 0 Å². The number of thiocarbonyl (C=S) groups is 1. The Morgan fingerprint density at radius 2 is 2.15 bits per heavy atom. The van der Waals surface area contributed by atoms with Crippen molar-refractivity contribution < 1.29 is 4.42 Å². The zero-order valence-electron chi connectivity index (χ0n) is 12.2. The van der Waals surface area contributed by atoms with E-state index in [1.54, 1.807) is 6.26 Å². The highest BCUT2D eigenvalue weighted by molar-refractivity contribution is 7.80. The van der Waals surface area contributed by atoms with E-state index in [1.807, 2.05) is 6.07 Å². The van der Waals surface area contributed by atoms with Crippen LogP contribution in [0.4, 0.5) is 0 Å². The summed E-state index contributed by atoms with van der Waals surface area (Å²) in [5, 5.41) is 7.27. The average Bonchev–Trinajstić information content (AvgIpc) is 3.00. The number of hydrogen-bond donors (Lipinski definition) is 2. The van der Waals surface area contributed by atoms with Crippen LogP contribution in [0.5, 0.6) is 0 Å². The first-order chi connectivity index (χ1) is 9.81. The van der Waals surface area contributed by atoms with Gasteiger partial charge in [0.25, 0.3) is 0 Å². The Labute approximate surface area is 126 Å². The Hall–Kier alpha value is -1.07. The quantitative estimate of drug-likeness (QED) is 0.790. The monoisotopic (exact) mass is 295 g/mol. The molecule has 1 saturated heterocycles. The Morgan fingerprint density at radius 1 is 1.35 bits per heavy atom. The molecular formula is C15H25N3OS. The van der Waals surface area contributed by atoms with Crippen molar-refractivity contribution in [1.29, 1.82) is 0 Å². The number of furan rings is 1. The summed E-state index contributed by atoms with van der Waals surface area (Å²) >= 11 is 5.30. The highest BCUT2D eigenvalue weighted by atomic mass is 32.1. The predicted octanol–water partition coefficient (Wildman–Crippen LogP) is 2.68. The Morgan fingerprint density at radius 3 is 2.80 bits per heavy atom. The first-order valence-corrected chi connectivity index (χ1v) is 8.01. The third-order valence-corrected chi connectivity index (χ3v) is 3.98. The summed E-state index contributed by atoms with van der Waals surface area (Å²) in [6, 6.07) is 4.29. The number of likely N-dealkylation sites (tertiary alicyclic amines) is 1. The minimum absolute atomic E-state index is 0.270. The smallest absolute Gasteiger partial charge is 0.166 e. The second-order valence-electron chi connectivity index (χ2n) is 5.26. The lowest BCUT2D eigenvalue weighted by Gasteiger charge is -2.33. The molecule has 4 nitrogen and oxygen atoms in total. The fourth-order valence-corrected chi connectivity index (χ4v) is 2.80. The first kappa shape index (κ1) is 15.3. The number of piperidine rings is 1. The zero-order valence-corrected chi connectivity index (χ0v) is 13.0. The molecule has 1 aliphatic rings. The molecule has 1 aliphatic heterocycles. The van der Waals surface area contributed by atoms with Gasteiger partial charge >= 0.3 is 0 Å². The predicted molar refractivity (Wildman–Crippen MR) is 85.8 cm³/mol. The summed E-state index contributed by atoms with van der Waals surface area (Å²) in [6.45, 7) is 6.13. The van der Waals surface area contributed by atoms with Gasteiger partial charge in [-0.1, -0.05) is 13.3 Å². The number of rotatable bonds is 6. The van der Waals surface area contributed by atoms with Crippen LogP contribution in [0.15, 0.2) is 22.8 Å². The minimum Gasteiger partial charge on any atom is -0.468 e. The van der Waals surface area contributed by atoms with Crippen molar-refractivity contribution in [3.63, 3.8) is 0 Å². The summed E-state index contributed by atoms with van der Waals surface area (Å²) < 4.78 is 5.62. The summed E-state index contributed by atoms with van der Waals surface area (Å²) in [5.41, 5.74) is 0. The highest BCUT2D eigenvalue weighted by Crippen LogP contribution is 2.24. The molecule has 2 heterocycles. The second-order valence-corrected chi connectivity index (χ2v) is 5.67. The fraction of sp³-hybridized carbons (Fsp3) is 0.667. The van der Waals surface area contributed by atoms with Crippen LogP contribution in [0, 0.1) is 0 Å². The van der Waals surface area contributed by atoms with Gasteiger partial charge in [-0.2, -0.15) is 0 Å². The largest absolute Gasteiger partial charge is 0.468 e. The molecule has 112 valence electrons. The molecule has 0 aromatic carbocycles. The van der Waals surface area contributed by atoms with Crippen LogP contribution < -0.4 is 10.6 Å². The van der Waals surface area contributed by atoms with E-state index >= 15 is 0 Å². The number of nitrogens with zero attached hydrogens (tertiary/aromatic N) is 1. The molecule has 5 heteroatoms. The normalized spacial score (nSPS) is 17.6. The van der Waals surface area contributed by atoms with Crippen molar-refractivity contribution in [3.8, 4) is 0 Å². The molecule has 0 aliphatic carbocycles. The minimum atomic E-state index is 0.270. The first-order valence-electron chi connectivity index (χ1n) is 7.60. The van der Waals surface area contributed by atoms with E-state index in [0.29, 0.717) is 0 Å². The van der Waals surface area contributed by atoms with Gasteiger partial charge in [0.05, 0.1) is 12.3 Å². The number of hydrogen-bond acceptors (Lipinski definition) is 3. The van der Waals surface area contributed by atoms with Gasteiger partial charge in [0.1, 0.15) is 5.76 Å². The maximum absolute atomic E-state index is 5.62. The third kappa shape index (κ3) is 4.49. The molecule has 1 unspecified atom stereocenters. The molecule has 0 bridgehead atoms. The molecule has 1 aromatic heterocycles. The summed E-state index contributed by atoms with van der Waals surface area (Å²) in [6.07, 6.45) is 6.71. The lowest BCUT2D eigenvalue weighted by molar-refractivity contribution is 0.146. The molecular weight excluding hydrogens is 270 g/mol. The Balaban J connectivity index is 1.91. The lowest BCUT2D eigenvalue weighted by atomic mass is 10.1.